The first kappa shape index (κ1) is 9.83. The Bertz CT molecular complexity index is 392. The number of rotatable bonds is 1. The van der Waals surface area contributed by atoms with Crippen molar-refractivity contribution >= 4 is 6.02 Å². The van der Waals surface area contributed by atoms with E-state index in [-0.39, 0.29) is 6.61 Å². The molecule has 0 saturated carbocycles. The van der Waals surface area contributed by atoms with E-state index in [9.17, 15) is 5.11 Å². The van der Waals surface area contributed by atoms with Crippen LogP contribution in [0.3, 0.4) is 0 Å². The molecular formula is C10H12N2O4. The number of hydrogen-bond acceptors (Lipinski definition) is 6. The first-order valence-electron chi connectivity index (χ1n) is 5.06. The maximum absolute atomic E-state index is 9.90. The van der Waals surface area contributed by atoms with Crippen molar-refractivity contribution in [2.45, 2.75) is 24.5 Å². The van der Waals surface area contributed by atoms with Crippen LogP contribution in [0.1, 0.15) is 0 Å². The lowest BCUT2D eigenvalue weighted by Gasteiger charge is -2.36. The van der Waals surface area contributed by atoms with Crippen LogP contribution in [0.4, 0.5) is 0 Å². The van der Waals surface area contributed by atoms with E-state index in [1.54, 1.807) is 17.2 Å². The fraction of sp³-hybridized carbons (Fsp3) is 0.500. The summed E-state index contributed by atoms with van der Waals surface area (Å²) in [4.78, 5) is 5.72. The smallest absolute Gasteiger partial charge is 0.299 e. The zero-order valence-electron chi connectivity index (χ0n) is 8.48. The number of amidine groups is 1. The summed E-state index contributed by atoms with van der Waals surface area (Å²) in [6.45, 7) is 3.51. The summed E-state index contributed by atoms with van der Waals surface area (Å²) in [5.74, 6) is 0. The third kappa shape index (κ3) is 1.21. The summed E-state index contributed by atoms with van der Waals surface area (Å²) < 4.78 is 11.0. The molecule has 0 spiro atoms. The Hall–Kier alpha value is -1.37. The van der Waals surface area contributed by atoms with Gasteiger partial charge in [-0.3, -0.25) is 4.90 Å². The van der Waals surface area contributed by atoms with Crippen LogP contribution in [0.25, 0.3) is 0 Å². The summed E-state index contributed by atoms with van der Waals surface area (Å²) in [5, 5.41) is 19.0. The molecule has 3 aliphatic heterocycles. The Kier molecular flexibility index (Phi) is 2.03. The van der Waals surface area contributed by atoms with Gasteiger partial charge in [-0.05, 0) is 6.08 Å². The topological polar surface area (TPSA) is 74.5 Å². The van der Waals surface area contributed by atoms with Gasteiger partial charge in [0.25, 0.3) is 6.02 Å². The maximum atomic E-state index is 9.90. The minimum absolute atomic E-state index is 0.190. The molecule has 3 heterocycles. The first-order chi connectivity index (χ1) is 7.70. The normalized spacial score (nSPS) is 40.5. The molecule has 16 heavy (non-hydrogen) atoms. The van der Waals surface area contributed by atoms with Gasteiger partial charge in [-0.1, -0.05) is 6.58 Å². The molecule has 6 heteroatoms. The van der Waals surface area contributed by atoms with E-state index in [4.69, 9.17) is 14.6 Å². The minimum Gasteiger partial charge on any atom is -0.455 e. The lowest BCUT2D eigenvalue weighted by Crippen LogP contribution is -2.53. The molecule has 0 amide bonds. The van der Waals surface area contributed by atoms with E-state index in [1.807, 2.05) is 0 Å². The highest BCUT2D eigenvalue weighted by molar-refractivity contribution is 5.79. The molecule has 2 N–H and O–H groups in total. The van der Waals surface area contributed by atoms with Crippen LogP contribution < -0.4 is 0 Å². The molecule has 0 radical (unpaired) electrons. The van der Waals surface area contributed by atoms with Crippen molar-refractivity contribution in [1.29, 1.82) is 0 Å². The number of hydrogen-bond donors (Lipinski definition) is 2. The van der Waals surface area contributed by atoms with Gasteiger partial charge in [0.05, 0.1) is 12.3 Å². The van der Waals surface area contributed by atoms with Crippen LogP contribution in [-0.4, -0.2) is 52.3 Å². The predicted octanol–water partition coefficient (Wildman–Crippen LogP) is -0.838. The van der Waals surface area contributed by atoms with Crippen molar-refractivity contribution in [3.05, 3.63) is 24.6 Å². The zero-order valence-corrected chi connectivity index (χ0v) is 8.48. The summed E-state index contributed by atoms with van der Waals surface area (Å²) in [7, 11) is 0. The largest absolute Gasteiger partial charge is 0.455 e. The molecule has 3 rings (SSSR count). The van der Waals surface area contributed by atoms with Crippen LogP contribution in [0, 0.1) is 0 Å². The summed E-state index contributed by atoms with van der Waals surface area (Å²) in [6.07, 6.45) is 0.995. The SMILES string of the molecule is C=C1C=CN2C(=N1)OC1C(CO)OC2C1O. The van der Waals surface area contributed by atoms with Crippen LogP contribution in [0.2, 0.25) is 0 Å². The standard InChI is InChI=1S/C10H12N2O4/c1-5-2-3-12-9-7(14)8(6(4-13)15-9)16-10(12)11-5/h2-3,6-9,13-14H,1,4H2. The highest BCUT2D eigenvalue weighted by atomic mass is 16.6. The van der Waals surface area contributed by atoms with Gasteiger partial charge in [-0.25, -0.2) is 0 Å². The molecule has 0 aromatic carbocycles. The van der Waals surface area contributed by atoms with Gasteiger partial charge in [-0.15, -0.1) is 0 Å². The van der Waals surface area contributed by atoms with Crippen LogP contribution >= 0.6 is 0 Å². The van der Waals surface area contributed by atoms with E-state index in [0.29, 0.717) is 11.7 Å². The molecule has 6 nitrogen and oxygen atoms in total. The van der Waals surface area contributed by atoms with E-state index in [2.05, 4.69) is 11.6 Å². The second-order valence-electron chi connectivity index (χ2n) is 3.93. The van der Waals surface area contributed by atoms with Crippen molar-refractivity contribution in [3.63, 3.8) is 0 Å². The molecule has 4 atom stereocenters. The number of fused-ring (bicyclic) bond motifs is 4. The van der Waals surface area contributed by atoms with E-state index in [1.165, 1.54) is 0 Å². The maximum Gasteiger partial charge on any atom is 0.299 e. The molecule has 0 aliphatic carbocycles. The average molecular weight is 224 g/mol. The molecule has 2 bridgehead atoms. The second-order valence-corrected chi connectivity index (χ2v) is 3.93. The number of aliphatic hydroxyl groups excluding tert-OH is 2. The third-order valence-corrected chi connectivity index (χ3v) is 2.89. The molecule has 0 aromatic heterocycles. The quantitative estimate of drug-likeness (QED) is 0.607. The summed E-state index contributed by atoms with van der Waals surface area (Å²) in [5.41, 5.74) is 0.586. The zero-order chi connectivity index (χ0) is 11.3. The number of nitrogens with zero attached hydrogens (tertiary/aromatic N) is 2. The van der Waals surface area contributed by atoms with E-state index in [0.717, 1.165) is 0 Å². The van der Waals surface area contributed by atoms with Crippen molar-refractivity contribution in [1.82, 2.24) is 4.90 Å². The fourth-order valence-electron chi connectivity index (χ4n) is 2.09. The number of allylic oxidation sites excluding steroid dienone is 1. The second kappa shape index (κ2) is 3.31. The monoisotopic (exact) mass is 224 g/mol. The van der Waals surface area contributed by atoms with E-state index >= 15 is 0 Å². The molecular weight excluding hydrogens is 212 g/mol. The average Bonchev–Trinajstić information content (AvgIpc) is 2.49. The Morgan fingerprint density at radius 2 is 2.38 bits per heavy atom. The predicted molar refractivity (Wildman–Crippen MR) is 54.2 cm³/mol. The van der Waals surface area contributed by atoms with Crippen LogP contribution in [0.5, 0.6) is 0 Å². The molecule has 3 aliphatic rings. The Balaban J connectivity index is 1.95. The first-order valence-corrected chi connectivity index (χ1v) is 5.06. The fourth-order valence-corrected chi connectivity index (χ4v) is 2.09. The van der Waals surface area contributed by atoms with Crippen molar-refractivity contribution in [3.8, 4) is 0 Å². The number of aliphatic imine (C=N–C) groups is 1. The molecule has 86 valence electrons. The van der Waals surface area contributed by atoms with Crippen LogP contribution in [0.15, 0.2) is 29.5 Å². The third-order valence-electron chi connectivity index (χ3n) is 2.89. The molecule has 4 unspecified atom stereocenters. The lowest BCUT2D eigenvalue weighted by atomic mass is 10.1. The van der Waals surface area contributed by atoms with Gasteiger partial charge in [0.1, 0.15) is 12.2 Å². The molecule has 2 saturated heterocycles. The lowest BCUT2D eigenvalue weighted by molar-refractivity contribution is -0.0658. The number of ether oxygens (including phenoxy) is 2. The van der Waals surface area contributed by atoms with Crippen molar-refractivity contribution < 1.29 is 19.7 Å². The van der Waals surface area contributed by atoms with Gasteiger partial charge >= 0.3 is 0 Å². The van der Waals surface area contributed by atoms with Gasteiger partial charge in [0.15, 0.2) is 12.3 Å². The van der Waals surface area contributed by atoms with E-state index < -0.39 is 24.5 Å². The van der Waals surface area contributed by atoms with Crippen molar-refractivity contribution in [2.24, 2.45) is 4.99 Å². The van der Waals surface area contributed by atoms with Gasteiger partial charge in [-0.2, -0.15) is 4.99 Å². The Morgan fingerprint density at radius 1 is 1.56 bits per heavy atom. The minimum atomic E-state index is -0.785. The van der Waals surface area contributed by atoms with Crippen LogP contribution in [-0.2, 0) is 9.47 Å². The Labute approximate surface area is 92.1 Å². The summed E-state index contributed by atoms with van der Waals surface area (Å²) in [6, 6.07) is 0.365. The highest BCUT2D eigenvalue weighted by Crippen LogP contribution is 2.33. The molecule has 2 fully saturated rings. The Morgan fingerprint density at radius 3 is 3.12 bits per heavy atom. The van der Waals surface area contributed by atoms with Gasteiger partial charge in [0.2, 0.25) is 0 Å². The van der Waals surface area contributed by atoms with Gasteiger partial charge in [0, 0.05) is 6.20 Å². The molecule has 0 aromatic rings. The van der Waals surface area contributed by atoms with Crippen molar-refractivity contribution in [2.75, 3.05) is 6.61 Å². The number of aliphatic hydroxyl groups is 2. The van der Waals surface area contributed by atoms with Gasteiger partial charge < -0.3 is 19.7 Å². The highest BCUT2D eigenvalue weighted by Gasteiger charge is 2.53. The summed E-state index contributed by atoms with van der Waals surface area (Å²) >= 11 is 0.